The molecule has 1 amide bonds. The van der Waals surface area contributed by atoms with Crippen molar-refractivity contribution in [3.8, 4) is 5.75 Å². The van der Waals surface area contributed by atoms with Crippen LogP contribution in [-0.2, 0) is 11.2 Å². The Bertz CT molecular complexity index is 772. The zero-order valence-electron chi connectivity index (χ0n) is 15.9. The number of carbonyl (C=O) groups is 1. The molecule has 1 aromatic heterocycles. The van der Waals surface area contributed by atoms with Crippen LogP contribution in [0.3, 0.4) is 0 Å². The highest BCUT2D eigenvalue weighted by Gasteiger charge is 2.11. The van der Waals surface area contributed by atoms with Crippen molar-refractivity contribution in [2.24, 2.45) is 0 Å². The fourth-order valence-corrected chi connectivity index (χ4v) is 2.82. The van der Waals surface area contributed by atoms with Crippen LogP contribution in [-0.4, -0.2) is 31.5 Å². The molecule has 152 valence electrons. The Hall–Kier alpha value is -2.44. The number of unbranched alkanes of at least 4 members (excludes halogenated alkanes) is 3. The maximum Gasteiger partial charge on any atom is 0.412 e. The number of halogens is 1. The second kappa shape index (κ2) is 12.1. The first kappa shape index (κ1) is 21.9. The summed E-state index contributed by atoms with van der Waals surface area (Å²) in [5.74, 6) is 2.09. The van der Waals surface area contributed by atoms with E-state index < -0.39 is 6.09 Å². The summed E-state index contributed by atoms with van der Waals surface area (Å²) in [6.45, 7) is 0.345. The van der Waals surface area contributed by atoms with Gasteiger partial charge >= 0.3 is 6.09 Å². The van der Waals surface area contributed by atoms with Gasteiger partial charge in [0.1, 0.15) is 29.6 Å². The van der Waals surface area contributed by atoms with Gasteiger partial charge in [-0.1, -0.05) is 30.5 Å². The van der Waals surface area contributed by atoms with Gasteiger partial charge in [0, 0.05) is 13.0 Å². The highest BCUT2D eigenvalue weighted by Crippen LogP contribution is 2.31. The average Bonchev–Trinajstić information content (AvgIpc) is 3.14. The van der Waals surface area contributed by atoms with E-state index in [1.54, 1.807) is 30.4 Å². The molecule has 28 heavy (non-hydrogen) atoms. The largest absolute Gasteiger partial charge is 0.495 e. The lowest BCUT2D eigenvalue weighted by molar-refractivity contribution is 0.174. The summed E-state index contributed by atoms with van der Waals surface area (Å²) in [4.78, 5) is 11.9. The molecule has 7 heteroatoms. The lowest BCUT2D eigenvalue weighted by Crippen LogP contribution is -2.14. The quantitative estimate of drug-likeness (QED) is 0.494. The Morgan fingerprint density at radius 2 is 2.04 bits per heavy atom. The van der Waals surface area contributed by atoms with E-state index in [-0.39, 0.29) is 13.2 Å². The van der Waals surface area contributed by atoms with Crippen LogP contribution in [0.2, 0.25) is 5.02 Å². The Morgan fingerprint density at radius 3 is 2.82 bits per heavy atom. The third kappa shape index (κ3) is 7.29. The zero-order valence-corrected chi connectivity index (χ0v) is 16.7. The number of para-hydroxylation sites is 1. The predicted octanol–water partition coefficient (Wildman–Crippen LogP) is 5.30. The molecular weight excluding hydrogens is 382 g/mol. The van der Waals surface area contributed by atoms with E-state index >= 15 is 0 Å². The van der Waals surface area contributed by atoms with Crippen LogP contribution >= 0.6 is 11.6 Å². The number of anilines is 1. The van der Waals surface area contributed by atoms with E-state index in [1.807, 2.05) is 12.1 Å². The van der Waals surface area contributed by atoms with Gasteiger partial charge < -0.3 is 19.0 Å². The summed E-state index contributed by atoms with van der Waals surface area (Å²) < 4.78 is 16.0. The second-order valence-corrected chi connectivity index (χ2v) is 6.54. The first-order valence-corrected chi connectivity index (χ1v) is 9.64. The van der Waals surface area contributed by atoms with E-state index in [0.717, 1.165) is 37.9 Å². The molecule has 1 heterocycles. The van der Waals surface area contributed by atoms with E-state index in [4.69, 9.17) is 30.6 Å². The molecule has 0 aliphatic carbocycles. The Morgan fingerprint density at radius 1 is 1.21 bits per heavy atom. The lowest BCUT2D eigenvalue weighted by atomic mass is 10.1. The molecule has 2 aromatic rings. The van der Waals surface area contributed by atoms with E-state index in [1.165, 1.54) is 7.11 Å². The second-order valence-electron chi connectivity index (χ2n) is 6.13. The molecule has 0 unspecified atom stereocenters. The smallest absolute Gasteiger partial charge is 0.412 e. The fourth-order valence-electron chi connectivity index (χ4n) is 2.60. The minimum Gasteiger partial charge on any atom is -0.495 e. The number of rotatable bonds is 11. The minimum absolute atomic E-state index is 0.0931. The molecule has 0 saturated heterocycles. The van der Waals surface area contributed by atoms with Crippen LogP contribution in [0.15, 0.2) is 40.8 Å². The highest BCUT2D eigenvalue weighted by molar-refractivity contribution is 6.34. The molecule has 0 saturated carbocycles. The number of hydrogen-bond donors (Lipinski definition) is 2. The number of benzene rings is 1. The van der Waals surface area contributed by atoms with Gasteiger partial charge in [0.15, 0.2) is 0 Å². The molecular formula is C21H26ClNO5. The predicted molar refractivity (Wildman–Crippen MR) is 110 cm³/mol. The number of furan rings is 1. The van der Waals surface area contributed by atoms with Crippen LogP contribution in [0.25, 0.3) is 6.08 Å². The number of aliphatic hydroxyl groups excluding tert-OH is 1. The summed E-state index contributed by atoms with van der Waals surface area (Å²) in [5, 5.41) is 11.7. The zero-order chi connectivity index (χ0) is 20.2. The van der Waals surface area contributed by atoms with Gasteiger partial charge in [-0.05, 0) is 49.3 Å². The van der Waals surface area contributed by atoms with Crippen LogP contribution in [0, 0.1) is 0 Å². The molecule has 0 radical (unpaired) electrons. The topological polar surface area (TPSA) is 80.9 Å². The first-order chi connectivity index (χ1) is 13.6. The molecule has 6 nitrogen and oxygen atoms in total. The van der Waals surface area contributed by atoms with Crippen molar-refractivity contribution in [2.75, 3.05) is 25.6 Å². The van der Waals surface area contributed by atoms with Gasteiger partial charge in [-0.15, -0.1) is 0 Å². The van der Waals surface area contributed by atoms with Gasteiger partial charge in [0.05, 0.1) is 12.1 Å². The highest BCUT2D eigenvalue weighted by atomic mass is 35.5. The van der Waals surface area contributed by atoms with Crippen molar-refractivity contribution < 1.29 is 23.8 Å². The standard InChI is InChI=1S/C21H26ClNO5/c1-26-19-11-6-10-18(22)20(19)23-21(25)27-15-7-9-17-13-12-16(28-17)8-4-2-3-5-14-24/h6-7,9-13,24H,2-5,8,14-15H2,1H3,(H,23,25). The summed E-state index contributed by atoms with van der Waals surface area (Å²) in [6.07, 6.45) is 7.70. The Labute approximate surface area is 170 Å². The number of ether oxygens (including phenoxy) is 2. The van der Waals surface area contributed by atoms with Crippen LogP contribution in [0.1, 0.15) is 37.2 Å². The summed E-state index contributed by atoms with van der Waals surface area (Å²) in [5.41, 5.74) is 0.371. The number of carbonyl (C=O) groups excluding carboxylic acids is 1. The van der Waals surface area contributed by atoms with Crippen LogP contribution in [0.5, 0.6) is 5.75 Å². The van der Waals surface area contributed by atoms with Crippen molar-refractivity contribution in [2.45, 2.75) is 32.1 Å². The molecule has 0 fully saturated rings. The number of hydrogen-bond acceptors (Lipinski definition) is 5. The summed E-state index contributed by atoms with van der Waals surface area (Å²) in [7, 11) is 1.50. The van der Waals surface area contributed by atoms with Crippen LogP contribution in [0.4, 0.5) is 10.5 Å². The Kier molecular flexibility index (Phi) is 9.45. The monoisotopic (exact) mass is 407 g/mol. The molecule has 2 N–H and O–H groups in total. The van der Waals surface area contributed by atoms with Crippen molar-refractivity contribution in [1.29, 1.82) is 0 Å². The van der Waals surface area contributed by atoms with Crippen molar-refractivity contribution in [1.82, 2.24) is 0 Å². The number of amides is 1. The van der Waals surface area contributed by atoms with Gasteiger partial charge in [0.2, 0.25) is 0 Å². The van der Waals surface area contributed by atoms with Gasteiger partial charge in [0.25, 0.3) is 0 Å². The SMILES string of the molecule is COc1cccc(Cl)c1NC(=O)OCC=Cc1ccc(CCCCCCO)o1. The molecule has 0 bridgehead atoms. The number of aliphatic hydroxyl groups is 1. The number of nitrogens with one attached hydrogen (secondary N) is 1. The maximum absolute atomic E-state index is 11.9. The summed E-state index contributed by atoms with van der Waals surface area (Å²) >= 11 is 6.07. The van der Waals surface area contributed by atoms with Gasteiger partial charge in [-0.2, -0.15) is 0 Å². The summed E-state index contributed by atoms with van der Waals surface area (Å²) in [6, 6.07) is 8.91. The van der Waals surface area contributed by atoms with Crippen molar-refractivity contribution >= 4 is 29.5 Å². The minimum atomic E-state index is -0.626. The molecule has 0 aliphatic rings. The molecule has 1 aromatic carbocycles. The third-order valence-electron chi connectivity index (χ3n) is 4.03. The average molecular weight is 408 g/mol. The van der Waals surface area contributed by atoms with E-state index in [0.29, 0.717) is 22.2 Å². The van der Waals surface area contributed by atoms with E-state index in [2.05, 4.69) is 5.32 Å². The molecule has 0 spiro atoms. The normalized spacial score (nSPS) is 11.0. The third-order valence-corrected chi connectivity index (χ3v) is 4.34. The van der Waals surface area contributed by atoms with Crippen molar-refractivity contribution in [3.63, 3.8) is 0 Å². The lowest BCUT2D eigenvalue weighted by Gasteiger charge is -2.11. The molecule has 2 rings (SSSR count). The fraction of sp³-hybridized carbons (Fsp3) is 0.381. The molecule has 0 aliphatic heterocycles. The number of methoxy groups -OCH3 is 1. The molecule has 0 atom stereocenters. The first-order valence-electron chi connectivity index (χ1n) is 9.26. The van der Waals surface area contributed by atoms with E-state index in [9.17, 15) is 4.79 Å². The number of aryl methyl sites for hydroxylation is 1. The van der Waals surface area contributed by atoms with Gasteiger partial charge in [-0.25, -0.2) is 4.79 Å². The Balaban J connectivity index is 1.73. The maximum atomic E-state index is 11.9. The van der Waals surface area contributed by atoms with Crippen LogP contribution < -0.4 is 10.1 Å². The van der Waals surface area contributed by atoms with Crippen molar-refractivity contribution in [3.05, 3.63) is 53.0 Å². The van der Waals surface area contributed by atoms with Gasteiger partial charge in [-0.3, -0.25) is 5.32 Å².